The molecule has 93 heavy (non-hydrogen) atoms. The van der Waals surface area contributed by atoms with Crippen LogP contribution in [0.1, 0.15) is 136 Å². The highest BCUT2D eigenvalue weighted by Crippen LogP contribution is 2.28. The highest BCUT2D eigenvalue weighted by molar-refractivity contribution is 6.99. The third-order valence-electron chi connectivity index (χ3n) is 12.5. The second kappa shape index (κ2) is 41.1. The summed E-state index contributed by atoms with van der Waals surface area (Å²) in [6.07, 6.45) is -11.1. The van der Waals surface area contributed by atoms with Crippen molar-refractivity contribution in [1.82, 2.24) is 28.1 Å². The molecule has 2 fully saturated rings. The van der Waals surface area contributed by atoms with E-state index in [9.17, 15) is 47.9 Å². The molecule has 35 heteroatoms. The highest BCUT2D eigenvalue weighted by Gasteiger charge is 2.35. The van der Waals surface area contributed by atoms with Gasteiger partial charge < -0.3 is 86.7 Å². The van der Waals surface area contributed by atoms with Crippen LogP contribution in [0.15, 0.2) is 0 Å². The van der Waals surface area contributed by atoms with Crippen molar-refractivity contribution in [3.05, 3.63) is 0 Å². The molecule has 2 aliphatic rings. The lowest BCUT2D eigenvalue weighted by atomic mass is 10.1. The fraction of sp³-hybridized carbons (Fsp3) is 0.759. The largest absolute Gasteiger partial charge is 0.470 e. The van der Waals surface area contributed by atoms with Gasteiger partial charge in [-0.15, -0.1) is 21.2 Å². The smallest absolute Gasteiger partial charge is 0.347 e. The molecule has 0 radical (unpaired) electrons. The van der Waals surface area contributed by atoms with Crippen molar-refractivity contribution in [2.45, 2.75) is 209 Å². The van der Waals surface area contributed by atoms with E-state index in [1.54, 1.807) is 13.8 Å². The van der Waals surface area contributed by atoms with E-state index in [4.69, 9.17) is 66.3 Å². The Kier molecular flexibility index (Phi) is 36.3. The van der Waals surface area contributed by atoms with Crippen LogP contribution >= 0.6 is 35.9 Å². The van der Waals surface area contributed by atoms with Crippen LogP contribution in [0.5, 0.6) is 11.8 Å². The standard InChI is InChI=1S/2C29H46N4O12S.ClH/c2*1-9-10-22(34)41-17(2)25(35)42-18(3)26(36)43-19(4)27(37)44-20(5)28(38)45-21(15-30-29(6,7)8)16-40-24-23(31-46-32-24)33-11-13-39-14-12-33;/h2*17-21,30H,9-16H2,1-8H3;1H/t2*17-,18-,19-,20-,21-;/m00./s1. The molecular formula is C58H93ClN8O24S2. The Morgan fingerprint density at radius 1 is 0.419 bits per heavy atom. The molecule has 4 heterocycles. The van der Waals surface area contributed by atoms with E-state index in [0.717, 1.165) is 23.5 Å². The molecule has 32 nitrogen and oxygen atoms in total. The Bertz CT molecular complexity index is 2520. The lowest BCUT2D eigenvalue weighted by Gasteiger charge is -2.28. The Labute approximate surface area is 556 Å². The van der Waals surface area contributed by atoms with Crippen LogP contribution in [-0.4, -0.2) is 228 Å². The first-order valence-corrected chi connectivity index (χ1v) is 31.8. The van der Waals surface area contributed by atoms with Crippen LogP contribution in [0, 0.1) is 0 Å². The fourth-order valence-electron chi connectivity index (χ4n) is 7.37. The van der Waals surface area contributed by atoms with E-state index in [-0.39, 0.29) is 62.6 Å². The SMILES string of the molecule is CCCC(=O)O[C@@H](C)C(=O)O[C@@H](C)C(=O)O[C@@H](C)C(=O)O[C@@H](C)C(=O)O[C@@H](CNC(C)(C)C)COc1nsnc1N1CCOCC1.CCCC(=O)O[C@@H](C)C(=O)O[C@@H](C)C(=O)O[C@@H](C)C(=O)O[C@@H](C)C(=O)O[C@@H](CNC(C)(C)C)COc1nsnc1N1CCOCC1.Cl. The molecular weight excluding hydrogens is 1290 g/mol. The van der Waals surface area contributed by atoms with Crippen molar-refractivity contribution < 1.29 is 114 Å². The van der Waals surface area contributed by atoms with Gasteiger partial charge in [-0.3, -0.25) is 9.59 Å². The maximum absolute atomic E-state index is 12.9. The molecule has 528 valence electrons. The number of nitrogens with one attached hydrogen (secondary N) is 2. The molecule has 2 aliphatic heterocycles. The molecule has 0 saturated carbocycles. The molecule has 0 aromatic carbocycles. The number of aromatic nitrogens is 4. The van der Waals surface area contributed by atoms with Crippen LogP contribution in [0.25, 0.3) is 0 Å². The van der Waals surface area contributed by atoms with Gasteiger partial charge in [0.2, 0.25) is 11.6 Å². The Morgan fingerprint density at radius 2 is 0.667 bits per heavy atom. The highest BCUT2D eigenvalue weighted by atomic mass is 35.5. The summed E-state index contributed by atoms with van der Waals surface area (Å²) in [5, 5.41) is 6.51. The van der Waals surface area contributed by atoms with Gasteiger partial charge in [-0.25, -0.2) is 38.4 Å². The first-order chi connectivity index (χ1) is 43.2. The van der Waals surface area contributed by atoms with Crippen molar-refractivity contribution in [1.29, 1.82) is 0 Å². The van der Waals surface area contributed by atoms with Gasteiger partial charge in [-0.1, -0.05) is 13.8 Å². The predicted octanol–water partition coefficient (Wildman–Crippen LogP) is 3.58. The lowest BCUT2D eigenvalue weighted by molar-refractivity contribution is -0.185. The quantitative estimate of drug-likeness (QED) is 0.0746. The van der Waals surface area contributed by atoms with E-state index in [1.807, 2.05) is 51.3 Å². The van der Waals surface area contributed by atoms with Crippen molar-refractivity contribution in [3.63, 3.8) is 0 Å². The van der Waals surface area contributed by atoms with Crippen LogP contribution < -0.4 is 29.9 Å². The second-order valence-electron chi connectivity index (χ2n) is 23.2. The van der Waals surface area contributed by atoms with Gasteiger partial charge in [0.1, 0.15) is 25.4 Å². The van der Waals surface area contributed by atoms with Gasteiger partial charge in [0.25, 0.3) is 11.8 Å². The zero-order chi connectivity index (χ0) is 68.9. The van der Waals surface area contributed by atoms with Crippen molar-refractivity contribution in [2.24, 2.45) is 0 Å². The first kappa shape index (κ1) is 82.2. The average molecular weight is 1390 g/mol. The zero-order valence-electron chi connectivity index (χ0n) is 55.8. The maximum Gasteiger partial charge on any atom is 0.347 e. The van der Waals surface area contributed by atoms with Gasteiger partial charge in [-0.05, 0) is 110 Å². The van der Waals surface area contributed by atoms with Gasteiger partial charge in [0, 0.05) is 63.2 Å². The zero-order valence-corrected chi connectivity index (χ0v) is 58.2. The minimum Gasteiger partial charge on any atom is -0.470 e. The molecule has 0 amide bonds. The average Bonchev–Trinajstić information content (AvgIpc) is 1.93. The van der Waals surface area contributed by atoms with Gasteiger partial charge in [-0.2, -0.15) is 8.75 Å². The summed E-state index contributed by atoms with van der Waals surface area (Å²) in [5.41, 5.74) is -0.599. The van der Waals surface area contributed by atoms with Gasteiger partial charge in [0.05, 0.1) is 49.9 Å². The Hall–Kier alpha value is -6.85. The molecule has 0 aliphatic carbocycles. The summed E-state index contributed by atoms with van der Waals surface area (Å²) in [6, 6.07) is 0. The number of nitrogens with zero attached hydrogens (tertiary/aromatic N) is 6. The van der Waals surface area contributed by atoms with E-state index < -0.39 is 121 Å². The number of halogens is 1. The van der Waals surface area contributed by atoms with E-state index in [2.05, 4.69) is 28.1 Å². The van der Waals surface area contributed by atoms with Gasteiger partial charge in [0.15, 0.2) is 48.8 Å². The summed E-state index contributed by atoms with van der Waals surface area (Å²) in [7, 11) is 0. The summed E-state index contributed by atoms with van der Waals surface area (Å²) < 4.78 is 91.2. The Balaban J connectivity index is 0.000000627. The monoisotopic (exact) mass is 1380 g/mol. The maximum atomic E-state index is 12.9. The molecule has 2 aromatic heterocycles. The van der Waals surface area contributed by atoms with Crippen molar-refractivity contribution in [3.8, 4) is 11.8 Å². The first-order valence-electron chi connectivity index (χ1n) is 30.3. The molecule has 2 N–H and O–H groups in total. The number of hydrogen-bond acceptors (Lipinski definition) is 34. The van der Waals surface area contributed by atoms with E-state index in [0.29, 0.717) is 88.8 Å². The van der Waals surface area contributed by atoms with Crippen LogP contribution in [-0.2, 0) is 105 Å². The molecule has 2 aromatic rings. The van der Waals surface area contributed by atoms with Crippen molar-refractivity contribution in [2.75, 3.05) is 88.7 Å². The molecule has 4 rings (SSSR count). The summed E-state index contributed by atoms with van der Waals surface area (Å²) in [5.74, 6) is -7.12. The van der Waals surface area contributed by atoms with Crippen LogP contribution in [0.4, 0.5) is 11.6 Å². The van der Waals surface area contributed by atoms with E-state index in [1.165, 1.54) is 55.4 Å². The number of morpholine rings is 2. The van der Waals surface area contributed by atoms with Gasteiger partial charge >= 0.3 is 59.7 Å². The number of esters is 10. The topological polar surface area (TPSA) is 382 Å². The number of ether oxygens (including phenoxy) is 14. The summed E-state index contributed by atoms with van der Waals surface area (Å²) >= 11 is 2.01. The molecule has 10 atom stereocenters. The minimum atomic E-state index is -1.44. The number of hydrogen-bond donors (Lipinski definition) is 2. The normalized spacial score (nSPS) is 16.5. The molecule has 0 unspecified atom stereocenters. The third kappa shape index (κ3) is 31.3. The van der Waals surface area contributed by atoms with E-state index >= 15 is 0 Å². The summed E-state index contributed by atoms with van der Waals surface area (Å²) in [6.45, 7) is 30.6. The second-order valence-corrected chi connectivity index (χ2v) is 24.3. The number of carbonyl (C=O) groups is 10. The van der Waals surface area contributed by atoms with Crippen molar-refractivity contribution >= 4 is 107 Å². The Morgan fingerprint density at radius 3 is 0.914 bits per heavy atom. The minimum absolute atomic E-state index is 0. The lowest BCUT2D eigenvalue weighted by Crippen LogP contribution is -2.45. The third-order valence-corrected chi connectivity index (χ3v) is 13.5. The molecule has 0 bridgehead atoms. The predicted molar refractivity (Wildman–Crippen MR) is 334 cm³/mol. The number of rotatable bonds is 34. The van der Waals surface area contributed by atoms with Crippen LogP contribution in [0.3, 0.4) is 0 Å². The fourth-order valence-corrected chi connectivity index (χ4v) is 8.41. The number of anilines is 2. The number of carbonyl (C=O) groups excluding carboxylic acids is 10. The molecule has 2 saturated heterocycles. The van der Waals surface area contributed by atoms with Crippen LogP contribution in [0.2, 0.25) is 0 Å². The molecule has 0 spiro atoms. The summed E-state index contributed by atoms with van der Waals surface area (Å²) in [4.78, 5) is 127.